The van der Waals surface area contributed by atoms with Crippen molar-refractivity contribution in [1.29, 1.82) is 0 Å². The Bertz CT molecular complexity index is 1490. The Morgan fingerprint density at radius 2 is 1.85 bits per heavy atom. The van der Waals surface area contributed by atoms with E-state index in [0.717, 1.165) is 33.3 Å². The number of fused-ring (bicyclic) bond motifs is 1. The molecule has 0 saturated carbocycles. The van der Waals surface area contributed by atoms with Gasteiger partial charge in [0.25, 0.3) is 5.91 Å². The molecule has 0 unspecified atom stereocenters. The second kappa shape index (κ2) is 9.08. The van der Waals surface area contributed by atoms with E-state index in [4.69, 9.17) is 16.6 Å². The van der Waals surface area contributed by atoms with Crippen LogP contribution in [0.15, 0.2) is 79.3 Å². The topological polar surface area (TPSA) is 72.7 Å². The lowest BCUT2D eigenvalue weighted by atomic mass is 10.00. The Labute approximate surface area is 202 Å². The van der Waals surface area contributed by atoms with Gasteiger partial charge in [0.1, 0.15) is 0 Å². The predicted octanol–water partition coefficient (Wildman–Crippen LogP) is 6.06. The molecule has 1 N–H and O–H groups in total. The molecular weight excluding hydrogens is 446 g/mol. The fourth-order valence-corrected chi connectivity index (χ4v) is 3.98. The van der Waals surface area contributed by atoms with Crippen molar-refractivity contribution in [3.63, 3.8) is 0 Å². The van der Waals surface area contributed by atoms with Crippen LogP contribution in [-0.4, -0.2) is 25.7 Å². The summed E-state index contributed by atoms with van der Waals surface area (Å²) in [6, 6.07) is 19.0. The summed E-state index contributed by atoms with van der Waals surface area (Å²) in [7, 11) is 0. The molecule has 168 valence electrons. The number of pyridine rings is 2. The summed E-state index contributed by atoms with van der Waals surface area (Å²) in [4.78, 5) is 22.7. The molecule has 6 nitrogen and oxygen atoms in total. The van der Waals surface area contributed by atoms with Crippen molar-refractivity contribution in [1.82, 2.24) is 19.7 Å². The molecule has 0 aliphatic rings. The van der Waals surface area contributed by atoms with E-state index >= 15 is 0 Å². The molecule has 7 heteroatoms. The lowest BCUT2D eigenvalue weighted by molar-refractivity contribution is 0.102. The quantitative estimate of drug-likeness (QED) is 0.340. The lowest BCUT2D eigenvalue weighted by Crippen LogP contribution is -2.13. The number of nitrogens with zero attached hydrogens (tertiary/aromatic N) is 4. The van der Waals surface area contributed by atoms with Gasteiger partial charge in [-0.25, -0.2) is 4.98 Å². The third-order valence-electron chi connectivity index (χ3n) is 5.83. The highest BCUT2D eigenvalue weighted by Crippen LogP contribution is 2.28. The monoisotopic (exact) mass is 467 g/mol. The summed E-state index contributed by atoms with van der Waals surface area (Å²) in [6.07, 6.45) is 5.18. The number of hydrogen-bond acceptors (Lipinski definition) is 4. The SMILES string of the molecule is Cc1ccc2c(C(=O)Nc3cnn(Cc4ccc(Cl)cc4)c3)cc(-c3ccccn3)nc2c1C. The number of hydrogen-bond donors (Lipinski definition) is 1. The molecule has 0 atom stereocenters. The first-order valence-electron chi connectivity index (χ1n) is 10.9. The molecule has 0 aliphatic carbocycles. The van der Waals surface area contributed by atoms with Gasteiger partial charge in [0, 0.05) is 22.8 Å². The molecule has 0 saturated heterocycles. The van der Waals surface area contributed by atoms with Crippen LogP contribution in [0.3, 0.4) is 0 Å². The second-order valence-electron chi connectivity index (χ2n) is 8.18. The van der Waals surface area contributed by atoms with Crippen molar-refractivity contribution < 1.29 is 4.79 Å². The zero-order chi connectivity index (χ0) is 23.7. The standard InChI is InChI=1S/C27H22ClN5O/c1-17-6-11-22-23(13-25(32-26(22)18(17)2)24-5-3-4-12-29-24)27(34)31-21-14-30-33(16-21)15-19-7-9-20(28)10-8-19/h3-14,16H,15H2,1-2H3,(H,31,34). The second-order valence-corrected chi connectivity index (χ2v) is 8.62. The maximum Gasteiger partial charge on any atom is 0.256 e. The predicted molar refractivity (Wildman–Crippen MR) is 135 cm³/mol. The van der Waals surface area contributed by atoms with Crippen LogP contribution in [0, 0.1) is 13.8 Å². The Kier molecular flexibility index (Phi) is 5.82. The average molecular weight is 468 g/mol. The summed E-state index contributed by atoms with van der Waals surface area (Å²) < 4.78 is 1.77. The molecule has 5 aromatic rings. The van der Waals surface area contributed by atoms with Crippen LogP contribution in [-0.2, 0) is 6.54 Å². The van der Waals surface area contributed by atoms with Crippen LogP contribution >= 0.6 is 11.6 Å². The van der Waals surface area contributed by atoms with Crippen LogP contribution in [0.25, 0.3) is 22.3 Å². The Morgan fingerprint density at radius 3 is 2.62 bits per heavy atom. The molecule has 3 heterocycles. The zero-order valence-corrected chi connectivity index (χ0v) is 19.5. The van der Waals surface area contributed by atoms with Crippen LogP contribution in [0.5, 0.6) is 0 Å². The molecule has 0 bridgehead atoms. The molecule has 0 radical (unpaired) electrons. The van der Waals surface area contributed by atoms with Crippen molar-refractivity contribution in [3.8, 4) is 11.4 Å². The maximum atomic E-state index is 13.4. The van der Waals surface area contributed by atoms with E-state index in [1.807, 2.05) is 74.6 Å². The number of aromatic nitrogens is 4. The number of anilines is 1. The average Bonchev–Trinajstić information content (AvgIpc) is 3.29. The summed E-state index contributed by atoms with van der Waals surface area (Å²) in [5.74, 6) is -0.223. The summed E-state index contributed by atoms with van der Waals surface area (Å²) in [6.45, 7) is 4.64. The number of benzene rings is 2. The summed E-state index contributed by atoms with van der Waals surface area (Å²) in [5, 5.41) is 8.86. The van der Waals surface area contributed by atoms with Gasteiger partial charge < -0.3 is 5.32 Å². The van der Waals surface area contributed by atoms with Gasteiger partial charge in [-0.15, -0.1) is 0 Å². The largest absolute Gasteiger partial charge is 0.319 e. The maximum absolute atomic E-state index is 13.4. The highest BCUT2D eigenvalue weighted by atomic mass is 35.5. The van der Waals surface area contributed by atoms with Crippen molar-refractivity contribution >= 4 is 34.1 Å². The molecule has 3 aromatic heterocycles. The van der Waals surface area contributed by atoms with E-state index in [-0.39, 0.29) is 5.91 Å². The minimum atomic E-state index is -0.223. The van der Waals surface area contributed by atoms with E-state index in [2.05, 4.69) is 15.4 Å². The third kappa shape index (κ3) is 4.40. The molecule has 0 spiro atoms. The molecule has 5 rings (SSSR count). The minimum Gasteiger partial charge on any atom is -0.319 e. The van der Waals surface area contributed by atoms with Crippen molar-refractivity contribution in [3.05, 3.63) is 107 Å². The fourth-order valence-electron chi connectivity index (χ4n) is 3.85. The van der Waals surface area contributed by atoms with E-state index in [1.54, 1.807) is 23.1 Å². The Hall–Kier alpha value is -4.03. The van der Waals surface area contributed by atoms with Crippen LogP contribution < -0.4 is 5.32 Å². The number of amides is 1. The first-order chi connectivity index (χ1) is 16.5. The molecular formula is C27H22ClN5O. The smallest absolute Gasteiger partial charge is 0.256 e. The van der Waals surface area contributed by atoms with Gasteiger partial charge in [-0.2, -0.15) is 5.10 Å². The molecule has 0 fully saturated rings. The lowest BCUT2D eigenvalue weighted by Gasteiger charge is -2.12. The van der Waals surface area contributed by atoms with Crippen molar-refractivity contribution in [2.45, 2.75) is 20.4 Å². The summed E-state index contributed by atoms with van der Waals surface area (Å²) >= 11 is 5.97. The van der Waals surface area contributed by atoms with Gasteiger partial charge in [0.15, 0.2) is 0 Å². The summed E-state index contributed by atoms with van der Waals surface area (Å²) in [5.41, 5.74) is 6.56. The normalized spacial score (nSPS) is 11.0. The van der Waals surface area contributed by atoms with Gasteiger partial charge in [-0.05, 0) is 60.9 Å². The van der Waals surface area contributed by atoms with Crippen LogP contribution in [0.4, 0.5) is 5.69 Å². The van der Waals surface area contributed by atoms with Gasteiger partial charge >= 0.3 is 0 Å². The molecule has 0 aliphatic heterocycles. The number of carbonyl (C=O) groups excluding carboxylic acids is 1. The Balaban J connectivity index is 1.48. The number of halogens is 1. The number of nitrogens with one attached hydrogen (secondary N) is 1. The van der Waals surface area contributed by atoms with Gasteiger partial charge in [-0.1, -0.05) is 41.9 Å². The highest BCUT2D eigenvalue weighted by Gasteiger charge is 2.17. The van der Waals surface area contributed by atoms with Gasteiger partial charge in [0.2, 0.25) is 0 Å². The van der Waals surface area contributed by atoms with E-state index in [1.165, 1.54) is 0 Å². The number of rotatable bonds is 5. The zero-order valence-electron chi connectivity index (χ0n) is 18.8. The van der Waals surface area contributed by atoms with Crippen LogP contribution in [0.1, 0.15) is 27.0 Å². The minimum absolute atomic E-state index is 0.223. The van der Waals surface area contributed by atoms with E-state index < -0.39 is 0 Å². The van der Waals surface area contributed by atoms with Gasteiger partial charge in [0.05, 0.1) is 40.9 Å². The molecule has 1 amide bonds. The molecule has 2 aromatic carbocycles. The third-order valence-corrected chi connectivity index (χ3v) is 6.08. The van der Waals surface area contributed by atoms with Crippen molar-refractivity contribution in [2.75, 3.05) is 5.32 Å². The van der Waals surface area contributed by atoms with Crippen molar-refractivity contribution in [2.24, 2.45) is 0 Å². The number of aryl methyl sites for hydroxylation is 2. The highest BCUT2D eigenvalue weighted by molar-refractivity contribution is 6.30. The first-order valence-corrected chi connectivity index (χ1v) is 11.3. The van der Waals surface area contributed by atoms with Crippen LogP contribution in [0.2, 0.25) is 5.02 Å². The van der Waals surface area contributed by atoms with Gasteiger partial charge in [-0.3, -0.25) is 14.5 Å². The van der Waals surface area contributed by atoms with E-state index in [0.29, 0.717) is 28.5 Å². The fraction of sp³-hybridized carbons (Fsp3) is 0.111. The Morgan fingerprint density at radius 1 is 1.03 bits per heavy atom. The first kappa shape index (κ1) is 21.8. The van der Waals surface area contributed by atoms with E-state index in [9.17, 15) is 4.79 Å². The number of carbonyl (C=O) groups is 1. The molecule has 34 heavy (non-hydrogen) atoms.